The first-order valence-electron chi connectivity index (χ1n) is 7.49. The van der Waals surface area contributed by atoms with Crippen molar-refractivity contribution in [1.29, 1.82) is 0 Å². The SMILES string of the molecule is Cn1cc(C(=O)NS(=O)(=O)c2ccc(Cl)cc2)nc1-c1c(Cl)cccc1Cl. The molecule has 0 spiro atoms. The van der Waals surface area contributed by atoms with Gasteiger partial charge in [0, 0.05) is 18.3 Å². The molecule has 0 aliphatic heterocycles. The Morgan fingerprint density at radius 1 is 1.04 bits per heavy atom. The molecule has 10 heteroatoms. The fourth-order valence-corrected chi connectivity index (χ4v) is 4.02. The van der Waals surface area contributed by atoms with Crippen molar-refractivity contribution < 1.29 is 13.2 Å². The van der Waals surface area contributed by atoms with Crippen molar-refractivity contribution in [3.63, 3.8) is 0 Å². The Hall–Kier alpha value is -2.06. The van der Waals surface area contributed by atoms with Crippen LogP contribution in [0.5, 0.6) is 0 Å². The molecule has 0 fully saturated rings. The van der Waals surface area contributed by atoms with Crippen LogP contribution < -0.4 is 4.72 Å². The van der Waals surface area contributed by atoms with Crippen molar-refractivity contribution in [3.8, 4) is 11.4 Å². The standard InChI is InChI=1S/C17H12Cl3N3O3S/c1-23-9-14(21-16(23)15-12(19)3-2-4-13(15)20)17(24)22-27(25,26)11-7-5-10(18)6-8-11/h2-9H,1H3,(H,22,24). The van der Waals surface area contributed by atoms with Crippen molar-refractivity contribution in [3.05, 3.63) is 69.4 Å². The quantitative estimate of drug-likeness (QED) is 0.655. The fraction of sp³-hybridized carbons (Fsp3) is 0.0588. The molecule has 1 aromatic heterocycles. The molecule has 0 saturated carbocycles. The lowest BCUT2D eigenvalue weighted by Crippen LogP contribution is -2.30. The van der Waals surface area contributed by atoms with E-state index >= 15 is 0 Å². The second kappa shape index (κ2) is 7.52. The minimum atomic E-state index is -4.07. The maximum Gasteiger partial charge on any atom is 0.285 e. The third kappa shape index (κ3) is 4.11. The lowest BCUT2D eigenvalue weighted by atomic mass is 10.2. The summed E-state index contributed by atoms with van der Waals surface area (Å²) in [5, 5.41) is 1.10. The number of amides is 1. The van der Waals surface area contributed by atoms with Crippen molar-refractivity contribution in [2.75, 3.05) is 0 Å². The molecule has 0 aliphatic rings. The van der Waals surface area contributed by atoms with Gasteiger partial charge >= 0.3 is 0 Å². The van der Waals surface area contributed by atoms with Gasteiger partial charge in [0.2, 0.25) is 0 Å². The van der Waals surface area contributed by atoms with Crippen LogP contribution in [0.2, 0.25) is 15.1 Å². The van der Waals surface area contributed by atoms with Gasteiger partial charge in [0.25, 0.3) is 15.9 Å². The predicted molar refractivity (Wildman–Crippen MR) is 105 cm³/mol. The summed E-state index contributed by atoms with van der Waals surface area (Å²) in [5.41, 5.74) is 0.351. The average Bonchev–Trinajstić information content (AvgIpc) is 2.97. The Balaban J connectivity index is 1.92. The number of aryl methyl sites for hydroxylation is 1. The van der Waals surface area contributed by atoms with Crippen LogP contribution in [-0.2, 0) is 17.1 Å². The maximum atomic E-state index is 12.4. The predicted octanol–water partition coefficient (Wildman–Crippen LogP) is 4.17. The van der Waals surface area contributed by atoms with Crippen LogP contribution in [0, 0.1) is 0 Å². The highest BCUT2D eigenvalue weighted by atomic mass is 35.5. The number of halogens is 3. The summed E-state index contributed by atoms with van der Waals surface area (Å²) < 4.78 is 28.2. The molecule has 1 N–H and O–H groups in total. The molecule has 0 radical (unpaired) electrons. The van der Waals surface area contributed by atoms with E-state index < -0.39 is 15.9 Å². The van der Waals surface area contributed by atoms with Gasteiger partial charge in [0.15, 0.2) is 0 Å². The fourth-order valence-electron chi connectivity index (χ4n) is 2.37. The molecule has 3 aromatic rings. The van der Waals surface area contributed by atoms with Gasteiger partial charge in [-0.05, 0) is 36.4 Å². The molecule has 3 rings (SSSR count). The number of hydrogen-bond donors (Lipinski definition) is 1. The Morgan fingerprint density at radius 2 is 1.63 bits per heavy atom. The van der Waals surface area contributed by atoms with Crippen LogP contribution in [0.3, 0.4) is 0 Å². The zero-order chi connectivity index (χ0) is 19.8. The zero-order valence-electron chi connectivity index (χ0n) is 13.8. The molecule has 0 aliphatic carbocycles. The number of imidazole rings is 1. The number of nitrogens with zero attached hydrogens (tertiary/aromatic N) is 2. The smallest absolute Gasteiger partial charge is 0.285 e. The lowest BCUT2D eigenvalue weighted by Gasteiger charge is -2.06. The van der Waals surface area contributed by atoms with E-state index in [4.69, 9.17) is 34.8 Å². The zero-order valence-corrected chi connectivity index (χ0v) is 16.9. The third-order valence-electron chi connectivity index (χ3n) is 3.65. The number of aromatic nitrogens is 2. The van der Waals surface area contributed by atoms with E-state index in [0.29, 0.717) is 26.5 Å². The second-order valence-electron chi connectivity index (χ2n) is 5.55. The van der Waals surface area contributed by atoms with Crippen LogP contribution in [0.25, 0.3) is 11.4 Å². The Morgan fingerprint density at radius 3 is 2.22 bits per heavy atom. The van der Waals surface area contributed by atoms with Crippen molar-refractivity contribution in [2.24, 2.45) is 7.05 Å². The van der Waals surface area contributed by atoms with Crippen LogP contribution in [0.1, 0.15) is 10.5 Å². The maximum absolute atomic E-state index is 12.4. The van der Waals surface area contributed by atoms with Crippen LogP contribution in [0.4, 0.5) is 0 Å². The molecule has 6 nitrogen and oxygen atoms in total. The highest BCUT2D eigenvalue weighted by Crippen LogP contribution is 2.33. The summed E-state index contributed by atoms with van der Waals surface area (Å²) in [6.45, 7) is 0. The minimum absolute atomic E-state index is 0.0921. The monoisotopic (exact) mass is 443 g/mol. The molecule has 140 valence electrons. The molecule has 1 amide bonds. The number of sulfonamides is 1. The average molecular weight is 445 g/mol. The molecular weight excluding hydrogens is 433 g/mol. The molecular formula is C17H12Cl3N3O3S. The Kier molecular flexibility index (Phi) is 5.48. The molecule has 0 bridgehead atoms. The van der Waals surface area contributed by atoms with E-state index in [2.05, 4.69) is 4.98 Å². The first kappa shape index (κ1) is 19.7. The number of rotatable bonds is 4. The normalized spacial score (nSPS) is 11.4. The summed E-state index contributed by atoms with van der Waals surface area (Å²) in [6.07, 6.45) is 1.39. The van der Waals surface area contributed by atoms with Gasteiger partial charge in [0.05, 0.1) is 20.5 Å². The van der Waals surface area contributed by atoms with Gasteiger partial charge in [0.1, 0.15) is 11.5 Å². The lowest BCUT2D eigenvalue weighted by molar-refractivity contribution is 0.0977. The summed E-state index contributed by atoms with van der Waals surface area (Å²) in [6, 6.07) is 10.4. The minimum Gasteiger partial charge on any atom is -0.333 e. The molecule has 27 heavy (non-hydrogen) atoms. The van der Waals surface area contributed by atoms with Crippen molar-refractivity contribution >= 4 is 50.7 Å². The topological polar surface area (TPSA) is 81.1 Å². The summed E-state index contributed by atoms with van der Waals surface area (Å²) in [4.78, 5) is 16.5. The van der Waals surface area contributed by atoms with Gasteiger partial charge < -0.3 is 4.57 Å². The first-order valence-corrected chi connectivity index (χ1v) is 10.1. The van der Waals surface area contributed by atoms with E-state index in [9.17, 15) is 13.2 Å². The molecule has 0 atom stereocenters. The largest absolute Gasteiger partial charge is 0.333 e. The van der Waals surface area contributed by atoms with Crippen LogP contribution in [-0.4, -0.2) is 23.9 Å². The molecule has 1 heterocycles. The van der Waals surface area contributed by atoms with E-state index in [1.807, 2.05) is 4.72 Å². The number of carbonyl (C=O) groups is 1. The number of carbonyl (C=O) groups excluding carboxylic acids is 1. The second-order valence-corrected chi connectivity index (χ2v) is 8.48. The van der Waals surface area contributed by atoms with Gasteiger partial charge in [-0.2, -0.15) is 0 Å². The van der Waals surface area contributed by atoms with Gasteiger partial charge in [-0.3, -0.25) is 4.79 Å². The summed E-state index contributed by atoms with van der Waals surface area (Å²) in [7, 11) is -2.42. The highest BCUT2D eigenvalue weighted by Gasteiger charge is 2.23. The Labute approximate surface area is 170 Å². The van der Waals surface area contributed by atoms with Crippen molar-refractivity contribution in [1.82, 2.24) is 14.3 Å². The van der Waals surface area contributed by atoms with E-state index in [0.717, 1.165) is 0 Å². The first-order chi connectivity index (χ1) is 12.7. The molecule has 0 saturated heterocycles. The van der Waals surface area contributed by atoms with E-state index in [1.54, 1.807) is 25.2 Å². The third-order valence-corrected chi connectivity index (χ3v) is 5.88. The molecule has 2 aromatic carbocycles. The summed E-state index contributed by atoms with van der Waals surface area (Å²) >= 11 is 18.1. The highest BCUT2D eigenvalue weighted by molar-refractivity contribution is 7.90. The summed E-state index contributed by atoms with van der Waals surface area (Å²) in [5.74, 6) is -0.547. The van der Waals surface area contributed by atoms with Crippen molar-refractivity contribution in [2.45, 2.75) is 4.90 Å². The van der Waals surface area contributed by atoms with Crippen LogP contribution in [0.15, 0.2) is 53.6 Å². The van der Waals surface area contributed by atoms with Gasteiger partial charge in [-0.15, -0.1) is 0 Å². The molecule has 0 unspecified atom stereocenters. The van der Waals surface area contributed by atoms with Gasteiger partial charge in [-0.1, -0.05) is 40.9 Å². The van der Waals surface area contributed by atoms with E-state index in [-0.39, 0.29) is 10.6 Å². The van der Waals surface area contributed by atoms with Gasteiger partial charge in [-0.25, -0.2) is 18.1 Å². The van der Waals surface area contributed by atoms with E-state index in [1.165, 1.54) is 35.0 Å². The number of nitrogens with one attached hydrogen (secondary N) is 1. The number of benzene rings is 2. The Bertz CT molecular complexity index is 1110. The van der Waals surface area contributed by atoms with Crippen LogP contribution >= 0.6 is 34.8 Å². The number of hydrogen-bond acceptors (Lipinski definition) is 4.